The first-order valence-corrected chi connectivity index (χ1v) is 7.76. The summed E-state index contributed by atoms with van der Waals surface area (Å²) < 4.78 is 2.19. The summed E-state index contributed by atoms with van der Waals surface area (Å²) in [6.07, 6.45) is 1.19. The molecule has 0 aliphatic heterocycles. The molecule has 4 nitrogen and oxygen atoms in total. The van der Waals surface area contributed by atoms with Crippen LogP contribution in [0.25, 0.3) is 10.2 Å². The predicted octanol–water partition coefficient (Wildman–Crippen LogP) is 3.17. The van der Waals surface area contributed by atoms with E-state index < -0.39 is 0 Å². The molecule has 0 radical (unpaired) electrons. The standard InChI is InChI=1S/C13H16BrN3OS.2ClH/c1-15-6-7-16-12(18)4-5-13-17-10-8-9(14)2-3-11(10)19-13;;/h2-3,8,15H,4-7H2,1H3,(H,16,18);2*1H. The first-order valence-electron chi connectivity index (χ1n) is 6.15. The third-order valence-corrected chi connectivity index (χ3v) is 4.25. The van der Waals surface area contributed by atoms with Gasteiger partial charge < -0.3 is 10.6 Å². The highest BCUT2D eigenvalue weighted by Crippen LogP contribution is 2.25. The maximum Gasteiger partial charge on any atom is 0.220 e. The monoisotopic (exact) mass is 413 g/mol. The van der Waals surface area contributed by atoms with E-state index in [1.165, 1.54) is 0 Å². The summed E-state index contributed by atoms with van der Waals surface area (Å²) in [6, 6.07) is 6.06. The number of aryl methyl sites for hydroxylation is 1. The highest BCUT2D eigenvalue weighted by atomic mass is 79.9. The molecule has 21 heavy (non-hydrogen) atoms. The topological polar surface area (TPSA) is 54.0 Å². The van der Waals surface area contributed by atoms with E-state index in [1.54, 1.807) is 11.3 Å². The molecule has 0 unspecified atom stereocenters. The van der Waals surface area contributed by atoms with E-state index in [1.807, 2.05) is 25.2 Å². The fraction of sp³-hybridized carbons (Fsp3) is 0.385. The zero-order valence-corrected chi connectivity index (χ0v) is 15.6. The third kappa shape index (κ3) is 6.48. The minimum Gasteiger partial charge on any atom is -0.355 e. The molecule has 8 heteroatoms. The first kappa shape index (κ1) is 20.6. The van der Waals surface area contributed by atoms with Crippen molar-refractivity contribution in [3.05, 3.63) is 27.7 Å². The Morgan fingerprint density at radius 3 is 2.81 bits per heavy atom. The zero-order valence-electron chi connectivity index (χ0n) is 11.5. The summed E-state index contributed by atoms with van der Waals surface area (Å²) in [5.74, 6) is 0.0793. The average molecular weight is 415 g/mol. The number of rotatable bonds is 6. The van der Waals surface area contributed by atoms with Crippen LogP contribution >= 0.6 is 52.1 Å². The van der Waals surface area contributed by atoms with Gasteiger partial charge in [-0.25, -0.2) is 4.98 Å². The molecule has 1 aromatic carbocycles. The number of carbonyl (C=O) groups is 1. The molecular weight excluding hydrogens is 397 g/mol. The van der Waals surface area contributed by atoms with Crippen LogP contribution in [0.1, 0.15) is 11.4 Å². The van der Waals surface area contributed by atoms with E-state index in [9.17, 15) is 4.79 Å². The van der Waals surface area contributed by atoms with Crippen molar-refractivity contribution in [3.8, 4) is 0 Å². The molecule has 0 aliphatic carbocycles. The number of benzene rings is 1. The van der Waals surface area contributed by atoms with Gasteiger partial charge in [-0.05, 0) is 25.2 Å². The van der Waals surface area contributed by atoms with Crippen LogP contribution in [0.4, 0.5) is 0 Å². The minimum atomic E-state index is 0. The van der Waals surface area contributed by atoms with Gasteiger partial charge in [0.1, 0.15) is 0 Å². The Morgan fingerprint density at radius 2 is 2.10 bits per heavy atom. The molecule has 2 N–H and O–H groups in total. The summed E-state index contributed by atoms with van der Waals surface area (Å²) >= 11 is 5.09. The van der Waals surface area contributed by atoms with Gasteiger partial charge in [0.15, 0.2) is 0 Å². The number of hydrogen-bond acceptors (Lipinski definition) is 4. The van der Waals surface area contributed by atoms with Crippen molar-refractivity contribution >= 4 is 68.2 Å². The second-order valence-corrected chi connectivity index (χ2v) is 6.20. The highest BCUT2D eigenvalue weighted by molar-refractivity contribution is 9.10. The van der Waals surface area contributed by atoms with Crippen molar-refractivity contribution in [3.63, 3.8) is 0 Å². The Kier molecular flexibility index (Phi) is 10.1. The molecule has 0 saturated carbocycles. The van der Waals surface area contributed by atoms with Crippen LogP contribution in [0.15, 0.2) is 22.7 Å². The van der Waals surface area contributed by atoms with Gasteiger partial charge in [-0.2, -0.15) is 0 Å². The van der Waals surface area contributed by atoms with E-state index in [0.717, 1.165) is 26.2 Å². The number of fused-ring (bicyclic) bond motifs is 1. The Balaban J connectivity index is 0.00000200. The predicted molar refractivity (Wildman–Crippen MR) is 97.1 cm³/mol. The van der Waals surface area contributed by atoms with E-state index in [-0.39, 0.29) is 30.7 Å². The van der Waals surface area contributed by atoms with Gasteiger partial charge in [0.25, 0.3) is 0 Å². The van der Waals surface area contributed by atoms with Crippen LogP contribution in [0.2, 0.25) is 0 Å². The maximum absolute atomic E-state index is 11.6. The molecule has 2 aromatic rings. The fourth-order valence-corrected chi connectivity index (χ4v) is 2.99. The van der Waals surface area contributed by atoms with Gasteiger partial charge in [-0.1, -0.05) is 15.9 Å². The number of nitrogens with zero attached hydrogens (tertiary/aromatic N) is 1. The van der Waals surface area contributed by atoms with Crippen molar-refractivity contribution in [2.24, 2.45) is 0 Å². The van der Waals surface area contributed by atoms with Gasteiger partial charge >= 0.3 is 0 Å². The maximum atomic E-state index is 11.6. The molecule has 0 aliphatic rings. The van der Waals surface area contributed by atoms with E-state index >= 15 is 0 Å². The van der Waals surface area contributed by atoms with Crippen molar-refractivity contribution in [1.29, 1.82) is 0 Å². The van der Waals surface area contributed by atoms with Crippen LogP contribution in [-0.4, -0.2) is 31.0 Å². The van der Waals surface area contributed by atoms with Gasteiger partial charge in [0, 0.05) is 30.4 Å². The van der Waals surface area contributed by atoms with Crippen molar-refractivity contribution in [1.82, 2.24) is 15.6 Å². The molecule has 0 saturated heterocycles. The van der Waals surface area contributed by atoms with Gasteiger partial charge in [-0.15, -0.1) is 36.2 Å². The van der Waals surface area contributed by atoms with Crippen molar-refractivity contribution in [2.75, 3.05) is 20.1 Å². The lowest BCUT2D eigenvalue weighted by Crippen LogP contribution is -2.30. The minimum absolute atomic E-state index is 0. The van der Waals surface area contributed by atoms with E-state index in [0.29, 0.717) is 19.4 Å². The quantitative estimate of drug-likeness (QED) is 0.713. The smallest absolute Gasteiger partial charge is 0.220 e. The second-order valence-electron chi connectivity index (χ2n) is 4.17. The first-order chi connectivity index (χ1) is 9.19. The molecule has 0 spiro atoms. The summed E-state index contributed by atoms with van der Waals surface area (Å²) in [5.41, 5.74) is 0.991. The summed E-state index contributed by atoms with van der Waals surface area (Å²) in [6.45, 7) is 1.46. The number of likely N-dealkylation sites (N-methyl/N-ethyl adjacent to an activating group) is 1. The second kappa shape index (κ2) is 10.3. The molecular formula is C13H18BrCl2N3OS. The SMILES string of the molecule is CNCCNC(=O)CCc1nc2cc(Br)ccc2s1.Cl.Cl. The number of aromatic nitrogens is 1. The highest BCUT2D eigenvalue weighted by Gasteiger charge is 2.07. The van der Waals surface area contributed by atoms with Crippen LogP contribution in [0, 0.1) is 0 Å². The number of halogens is 3. The molecule has 1 heterocycles. The van der Waals surface area contributed by atoms with E-state index in [4.69, 9.17) is 0 Å². The Hall–Kier alpha value is -0.400. The summed E-state index contributed by atoms with van der Waals surface area (Å²) in [4.78, 5) is 16.1. The Bertz CT molecular complexity index is 580. The molecule has 1 aromatic heterocycles. The molecule has 0 fully saturated rings. The Labute approximate surface area is 149 Å². The molecule has 0 atom stereocenters. The Morgan fingerprint density at radius 1 is 1.33 bits per heavy atom. The summed E-state index contributed by atoms with van der Waals surface area (Å²) in [5, 5.41) is 6.87. The third-order valence-electron chi connectivity index (χ3n) is 2.66. The largest absolute Gasteiger partial charge is 0.355 e. The lowest BCUT2D eigenvalue weighted by Gasteiger charge is -2.02. The van der Waals surface area contributed by atoms with Gasteiger partial charge in [0.2, 0.25) is 5.91 Å². The van der Waals surface area contributed by atoms with Gasteiger partial charge in [0.05, 0.1) is 15.2 Å². The molecule has 0 bridgehead atoms. The van der Waals surface area contributed by atoms with Crippen LogP contribution < -0.4 is 10.6 Å². The number of thiazole rings is 1. The molecule has 118 valence electrons. The number of hydrogen-bond donors (Lipinski definition) is 2. The number of nitrogens with one attached hydrogen (secondary N) is 2. The number of carbonyl (C=O) groups excluding carboxylic acids is 1. The summed E-state index contributed by atoms with van der Waals surface area (Å²) in [7, 11) is 1.87. The van der Waals surface area contributed by atoms with Crippen LogP contribution in [0.5, 0.6) is 0 Å². The van der Waals surface area contributed by atoms with Gasteiger partial charge in [-0.3, -0.25) is 4.79 Å². The lowest BCUT2D eigenvalue weighted by atomic mass is 10.3. The normalized spacial score (nSPS) is 9.81. The number of amides is 1. The fourth-order valence-electron chi connectivity index (χ4n) is 1.69. The lowest BCUT2D eigenvalue weighted by molar-refractivity contribution is -0.121. The van der Waals surface area contributed by atoms with E-state index in [2.05, 4.69) is 31.5 Å². The molecule has 2 rings (SSSR count). The zero-order chi connectivity index (χ0) is 13.7. The van der Waals surface area contributed by atoms with Crippen molar-refractivity contribution < 1.29 is 4.79 Å². The van der Waals surface area contributed by atoms with Crippen molar-refractivity contribution in [2.45, 2.75) is 12.8 Å². The molecule has 1 amide bonds. The average Bonchev–Trinajstić information content (AvgIpc) is 2.78. The van der Waals surface area contributed by atoms with Crippen LogP contribution in [0.3, 0.4) is 0 Å². The van der Waals surface area contributed by atoms with Crippen LogP contribution in [-0.2, 0) is 11.2 Å².